The Morgan fingerprint density at radius 1 is 1.33 bits per heavy atom. The minimum Gasteiger partial charge on any atom is -0.383 e. The Morgan fingerprint density at radius 3 is 2.86 bits per heavy atom. The first-order valence-electron chi connectivity index (χ1n) is 6.51. The maximum Gasteiger partial charge on any atom is 0.192 e. The molecule has 0 spiro atoms. The van der Waals surface area contributed by atoms with Gasteiger partial charge >= 0.3 is 0 Å². The molecule has 108 valence electrons. The highest BCUT2D eigenvalue weighted by Gasteiger charge is 2.07. The molecule has 5 nitrogen and oxygen atoms in total. The fourth-order valence-corrected chi connectivity index (χ4v) is 2.48. The van der Waals surface area contributed by atoms with Crippen LogP contribution in [-0.4, -0.2) is 30.2 Å². The van der Waals surface area contributed by atoms with Crippen LogP contribution in [0.1, 0.15) is 11.1 Å². The van der Waals surface area contributed by atoms with Crippen LogP contribution in [-0.2, 0) is 11.3 Å². The second-order valence-corrected chi connectivity index (χ2v) is 5.25. The van der Waals surface area contributed by atoms with Crippen molar-refractivity contribution in [3.05, 3.63) is 47.8 Å². The van der Waals surface area contributed by atoms with E-state index in [1.54, 1.807) is 25.6 Å². The van der Waals surface area contributed by atoms with Gasteiger partial charge in [0.05, 0.1) is 12.2 Å². The summed E-state index contributed by atoms with van der Waals surface area (Å²) in [4.78, 5) is 9.18. The van der Waals surface area contributed by atoms with Crippen LogP contribution in [0.15, 0.2) is 46.7 Å². The largest absolute Gasteiger partial charge is 0.383 e. The van der Waals surface area contributed by atoms with Crippen LogP contribution in [0.2, 0.25) is 0 Å². The van der Waals surface area contributed by atoms with Crippen molar-refractivity contribution in [3.8, 4) is 6.07 Å². The molecule has 21 heavy (non-hydrogen) atoms. The summed E-state index contributed by atoms with van der Waals surface area (Å²) >= 11 is 1.39. The molecule has 0 saturated heterocycles. The normalized spacial score (nSPS) is 10.3. The van der Waals surface area contributed by atoms with E-state index in [1.807, 2.05) is 18.2 Å². The molecule has 0 aliphatic carbocycles. The topological polar surface area (TPSA) is 70.8 Å². The van der Waals surface area contributed by atoms with Gasteiger partial charge in [-0.05, 0) is 35.5 Å². The Labute approximate surface area is 128 Å². The molecule has 6 heteroatoms. The van der Waals surface area contributed by atoms with Crippen LogP contribution >= 0.6 is 11.8 Å². The second-order valence-electron chi connectivity index (χ2n) is 4.25. The molecule has 1 aromatic heterocycles. The SMILES string of the molecule is COCCNCc1ccc(Sc2ncccn2)c(C#N)c1. The summed E-state index contributed by atoms with van der Waals surface area (Å²) in [5, 5.41) is 13.2. The maximum absolute atomic E-state index is 9.29. The van der Waals surface area contributed by atoms with E-state index in [0.717, 1.165) is 17.0 Å². The summed E-state index contributed by atoms with van der Waals surface area (Å²) in [5.41, 5.74) is 1.71. The zero-order valence-corrected chi connectivity index (χ0v) is 12.6. The fraction of sp³-hybridized carbons (Fsp3) is 0.267. The first-order valence-corrected chi connectivity index (χ1v) is 7.32. The molecule has 0 saturated carbocycles. The van der Waals surface area contributed by atoms with Gasteiger partial charge in [-0.3, -0.25) is 0 Å². The standard InChI is InChI=1S/C15H16N4OS/c1-20-8-7-17-11-12-3-4-14(13(9-12)10-16)21-15-18-5-2-6-19-15/h2-6,9,17H,7-8,11H2,1H3. The molecule has 2 aromatic rings. The highest BCUT2D eigenvalue weighted by atomic mass is 32.2. The highest BCUT2D eigenvalue weighted by Crippen LogP contribution is 2.27. The Hall–Kier alpha value is -1.94. The van der Waals surface area contributed by atoms with Crippen molar-refractivity contribution in [2.24, 2.45) is 0 Å². The third-order valence-corrected chi connectivity index (χ3v) is 3.69. The molecule has 0 amide bonds. The number of hydrogen-bond acceptors (Lipinski definition) is 6. The van der Waals surface area contributed by atoms with E-state index in [0.29, 0.717) is 23.9 Å². The van der Waals surface area contributed by atoms with Gasteiger partial charge in [-0.15, -0.1) is 0 Å². The lowest BCUT2D eigenvalue weighted by molar-refractivity contribution is 0.199. The molecule has 2 rings (SSSR count). The van der Waals surface area contributed by atoms with Gasteiger partial charge in [-0.1, -0.05) is 6.07 Å². The predicted molar refractivity (Wildman–Crippen MR) is 80.9 cm³/mol. The lowest BCUT2D eigenvalue weighted by Gasteiger charge is -2.07. The molecule has 1 aromatic carbocycles. The van der Waals surface area contributed by atoms with Gasteiger partial charge in [0.2, 0.25) is 0 Å². The Bertz CT molecular complexity index is 613. The smallest absolute Gasteiger partial charge is 0.192 e. The minimum atomic E-state index is 0.637. The molecule has 1 heterocycles. The lowest BCUT2D eigenvalue weighted by Crippen LogP contribution is -2.18. The molecule has 0 radical (unpaired) electrons. The van der Waals surface area contributed by atoms with E-state index >= 15 is 0 Å². The van der Waals surface area contributed by atoms with Gasteiger partial charge in [0, 0.05) is 37.5 Å². The first kappa shape index (κ1) is 15.4. The van der Waals surface area contributed by atoms with Crippen LogP contribution in [0, 0.1) is 11.3 Å². The van der Waals surface area contributed by atoms with Crippen molar-refractivity contribution >= 4 is 11.8 Å². The predicted octanol–water partition coefficient (Wildman–Crippen LogP) is 2.24. The van der Waals surface area contributed by atoms with Crippen molar-refractivity contribution in [2.75, 3.05) is 20.3 Å². The van der Waals surface area contributed by atoms with Gasteiger partial charge in [-0.2, -0.15) is 5.26 Å². The summed E-state index contributed by atoms with van der Waals surface area (Å²) < 4.78 is 4.98. The van der Waals surface area contributed by atoms with Crippen molar-refractivity contribution in [1.82, 2.24) is 15.3 Å². The average molecular weight is 300 g/mol. The number of nitriles is 1. The van der Waals surface area contributed by atoms with Crippen molar-refractivity contribution in [2.45, 2.75) is 16.6 Å². The Morgan fingerprint density at radius 2 is 2.14 bits per heavy atom. The zero-order valence-electron chi connectivity index (χ0n) is 11.7. The first-order chi connectivity index (χ1) is 10.3. The van der Waals surface area contributed by atoms with Crippen molar-refractivity contribution in [1.29, 1.82) is 5.26 Å². The van der Waals surface area contributed by atoms with Crippen LogP contribution < -0.4 is 5.32 Å². The number of hydrogen-bond donors (Lipinski definition) is 1. The minimum absolute atomic E-state index is 0.637. The summed E-state index contributed by atoms with van der Waals surface area (Å²) in [6, 6.07) is 9.83. The third-order valence-electron chi connectivity index (χ3n) is 2.72. The van der Waals surface area contributed by atoms with E-state index in [4.69, 9.17) is 4.74 Å². The summed E-state index contributed by atoms with van der Waals surface area (Å²) in [6.07, 6.45) is 3.38. The van der Waals surface area contributed by atoms with Crippen LogP contribution in [0.4, 0.5) is 0 Å². The number of ether oxygens (including phenoxy) is 1. The molecule has 0 bridgehead atoms. The highest BCUT2D eigenvalue weighted by molar-refractivity contribution is 7.99. The summed E-state index contributed by atoms with van der Waals surface area (Å²) in [7, 11) is 1.67. The molecule has 0 fully saturated rings. The number of nitrogens with zero attached hydrogens (tertiary/aromatic N) is 3. The molecule has 1 N–H and O–H groups in total. The van der Waals surface area contributed by atoms with E-state index in [2.05, 4.69) is 21.4 Å². The summed E-state index contributed by atoms with van der Waals surface area (Å²) in [5.74, 6) is 0. The number of nitrogens with one attached hydrogen (secondary N) is 1. The third kappa shape index (κ3) is 4.83. The van der Waals surface area contributed by atoms with Gasteiger partial charge in [0.1, 0.15) is 6.07 Å². The number of methoxy groups -OCH3 is 1. The lowest BCUT2D eigenvalue weighted by atomic mass is 10.1. The molecule has 0 aliphatic rings. The van der Waals surface area contributed by atoms with Gasteiger partial charge in [0.15, 0.2) is 5.16 Å². The quantitative estimate of drug-likeness (QED) is 0.624. The zero-order chi connectivity index (χ0) is 14.9. The molecular weight excluding hydrogens is 284 g/mol. The van der Waals surface area contributed by atoms with Gasteiger partial charge < -0.3 is 10.1 Å². The second kappa shape index (κ2) is 8.37. The monoisotopic (exact) mass is 300 g/mol. The Balaban J connectivity index is 2.05. The van der Waals surface area contributed by atoms with E-state index in [1.165, 1.54) is 11.8 Å². The fourth-order valence-electron chi connectivity index (χ4n) is 1.71. The van der Waals surface area contributed by atoms with Crippen LogP contribution in [0.3, 0.4) is 0 Å². The summed E-state index contributed by atoms with van der Waals surface area (Å²) in [6.45, 7) is 2.17. The van der Waals surface area contributed by atoms with E-state index < -0.39 is 0 Å². The molecular formula is C15H16N4OS. The maximum atomic E-state index is 9.29. The van der Waals surface area contributed by atoms with Crippen molar-refractivity contribution < 1.29 is 4.74 Å². The number of rotatable bonds is 7. The Kier molecular flexibility index (Phi) is 6.16. The van der Waals surface area contributed by atoms with Gasteiger partial charge in [0.25, 0.3) is 0 Å². The number of aromatic nitrogens is 2. The molecule has 0 unspecified atom stereocenters. The average Bonchev–Trinajstić information content (AvgIpc) is 2.53. The van der Waals surface area contributed by atoms with E-state index in [-0.39, 0.29) is 0 Å². The van der Waals surface area contributed by atoms with Gasteiger partial charge in [-0.25, -0.2) is 9.97 Å². The number of benzene rings is 1. The van der Waals surface area contributed by atoms with Crippen molar-refractivity contribution in [3.63, 3.8) is 0 Å². The molecule has 0 aliphatic heterocycles. The van der Waals surface area contributed by atoms with Crippen LogP contribution in [0.5, 0.6) is 0 Å². The molecule has 0 atom stereocenters. The van der Waals surface area contributed by atoms with E-state index in [9.17, 15) is 5.26 Å². The van der Waals surface area contributed by atoms with Crippen LogP contribution in [0.25, 0.3) is 0 Å².